The molecule has 0 aromatic heterocycles. The topological polar surface area (TPSA) is 9.23 Å². The lowest BCUT2D eigenvalue weighted by molar-refractivity contribution is 0.0900. The van der Waals surface area contributed by atoms with Crippen LogP contribution in [-0.2, 0) is 17.3 Å². The van der Waals surface area contributed by atoms with E-state index in [1.54, 1.807) is 0 Å². The minimum absolute atomic E-state index is 0.108. The second kappa shape index (κ2) is 8.71. The Kier molecular flexibility index (Phi) is 6.93. The molecule has 0 atom stereocenters. The van der Waals surface area contributed by atoms with Gasteiger partial charge in [0.25, 0.3) is 0 Å². The van der Waals surface area contributed by atoms with Gasteiger partial charge >= 0.3 is 0 Å². The number of benzene rings is 2. The predicted octanol–water partition coefficient (Wildman–Crippen LogP) is 4.53. The van der Waals surface area contributed by atoms with E-state index >= 15 is 0 Å². The maximum Gasteiger partial charge on any atom is 0.247 e. The van der Waals surface area contributed by atoms with Gasteiger partial charge in [0.2, 0.25) is 10.5 Å². The van der Waals surface area contributed by atoms with E-state index in [0.29, 0.717) is 0 Å². The summed E-state index contributed by atoms with van der Waals surface area (Å²) in [6, 6.07) is 21.2. The molecule has 0 heterocycles. The first-order chi connectivity index (χ1) is 10.3. The van der Waals surface area contributed by atoms with Crippen LogP contribution in [0.25, 0.3) is 0 Å². The van der Waals surface area contributed by atoms with Gasteiger partial charge in [-0.2, -0.15) is 0 Å². The molecule has 1 nitrogen and oxygen atoms in total. The molecule has 2 rings (SSSR count). The van der Waals surface area contributed by atoms with Crippen molar-refractivity contribution >= 4 is 33.1 Å². The number of halogens is 1. The van der Waals surface area contributed by atoms with Crippen LogP contribution >= 0.6 is 22.6 Å². The number of hydrogen-bond donors (Lipinski definition) is 0. The van der Waals surface area contributed by atoms with Gasteiger partial charge in [0.1, 0.15) is 0 Å². The molecule has 0 saturated carbocycles. The minimum atomic E-state index is -0.108. The molecule has 0 saturated heterocycles. The number of rotatable bonds is 8. The zero-order valence-electron chi connectivity index (χ0n) is 12.1. The maximum atomic E-state index is 5.73. The van der Waals surface area contributed by atoms with Crippen molar-refractivity contribution in [1.82, 2.24) is 0 Å². The van der Waals surface area contributed by atoms with Crippen LogP contribution in [0.2, 0.25) is 0 Å². The van der Waals surface area contributed by atoms with E-state index in [1.807, 2.05) is 0 Å². The van der Waals surface area contributed by atoms with Gasteiger partial charge in [-0.15, -0.1) is 0 Å². The first-order valence-electron chi connectivity index (χ1n) is 7.26. The summed E-state index contributed by atoms with van der Waals surface area (Å²) in [5.74, 6) is 0. The lowest BCUT2D eigenvalue weighted by Crippen LogP contribution is -2.35. The lowest BCUT2D eigenvalue weighted by atomic mass is 9.90. The zero-order chi connectivity index (χ0) is 15.0. The average molecular weight is 407 g/mol. The number of hydrogen-bond acceptors (Lipinski definition) is 1. The molecule has 3 radical (unpaired) electrons. The molecule has 2 aromatic carbocycles. The summed E-state index contributed by atoms with van der Waals surface area (Å²) in [6.45, 7) is 0. The van der Waals surface area contributed by atoms with Gasteiger partial charge in [-0.3, -0.25) is 0 Å². The second-order valence-electron chi connectivity index (χ2n) is 5.39. The molecule has 0 amide bonds. The van der Waals surface area contributed by atoms with Gasteiger partial charge in [0, 0.05) is 4.43 Å². The minimum Gasteiger partial charge on any atom is -0.412 e. The van der Waals surface area contributed by atoms with Gasteiger partial charge in [0.15, 0.2) is 0 Å². The molecule has 0 bridgehead atoms. The van der Waals surface area contributed by atoms with E-state index in [2.05, 4.69) is 93.7 Å². The monoisotopic (exact) mass is 407 g/mol. The number of alkyl halides is 1. The van der Waals surface area contributed by atoms with E-state index in [4.69, 9.17) is 4.43 Å². The van der Waals surface area contributed by atoms with Gasteiger partial charge in [-0.25, -0.2) is 0 Å². The Labute approximate surface area is 144 Å². The first-order valence-corrected chi connectivity index (χ1v) is 9.20. The second-order valence-corrected chi connectivity index (χ2v) is 6.36. The summed E-state index contributed by atoms with van der Waals surface area (Å²) in [5.41, 5.74) is 2.63. The Hall–Kier alpha value is -0.653. The van der Waals surface area contributed by atoms with E-state index in [0.717, 1.165) is 30.1 Å². The Morgan fingerprint density at radius 1 is 0.810 bits per heavy atom. The molecular formula is C18H20IOSi. The molecule has 21 heavy (non-hydrogen) atoms. The van der Waals surface area contributed by atoms with Crippen molar-refractivity contribution in [2.45, 2.75) is 31.3 Å². The Morgan fingerprint density at radius 3 is 1.57 bits per heavy atom. The van der Waals surface area contributed by atoms with Crippen LogP contribution < -0.4 is 0 Å². The smallest absolute Gasteiger partial charge is 0.247 e. The van der Waals surface area contributed by atoms with E-state index in [9.17, 15) is 0 Å². The molecule has 0 spiro atoms. The highest BCUT2D eigenvalue weighted by Gasteiger charge is 2.27. The summed E-state index contributed by atoms with van der Waals surface area (Å²) in [6.07, 6.45) is 4.14. The van der Waals surface area contributed by atoms with E-state index < -0.39 is 0 Å². The van der Waals surface area contributed by atoms with Crippen molar-refractivity contribution in [1.29, 1.82) is 0 Å². The maximum absolute atomic E-state index is 5.73. The third-order valence-electron chi connectivity index (χ3n) is 3.88. The molecule has 2 aromatic rings. The molecule has 0 aliphatic heterocycles. The van der Waals surface area contributed by atoms with Crippen molar-refractivity contribution in [2.75, 3.05) is 4.43 Å². The van der Waals surface area contributed by atoms with Crippen LogP contribution in [0.5, 0.6) is 0 Å². The van der Waals surface area contributed by atoms with Crippen LogP contribution in [0.3, 0.4) is 0 Å². The quantitative estimate of drug-likeness (QED) is 0.355. The third-order valence-corrected chi connectivity index (χ3v) is 5.71. The van der Waals surface area contributed by atoms with E-state index in [1.165, 1.54) is 11.1 Å². The van der Waals surface area contributed by atoms with Crippen molar-refractivity contribution < 1.29 is 4.43 Å². The largest absolute Gasteiger partial charge is 0.412 e. The highest BCUT2D eigenvalue weighted by atomic mass is 127. The fraction of sp³-hybridized carbons (Fsp3) is 0.333. The Morgan fingerprint density at radius 2 is 1.24 bits per heavy atom. The summed E-state index contributed by atoms with van der Waals surface area (Å²) >= 11 is 2.43. The van der Waals surface area contributed by atoms with Crippen molar-refractivity contribution in [3.63, 3.8) is 0 Å². The lowest BCUT2D eigenvalue weighted by Gasteiger charge is -2.31. The van der Waals surface area contributed by atoms with Gasteiger partial charge in [-0.05, 0) is 36.8 Å². The predicted molar refractivity (Wildman–Crippen MR) is 98.0 cm³/mol. The van der Waals surface area contributed by atoms with Crippen LogP contribution in [0.1, 0.15) is 24.0 Å². The summed E-state index contributed by atoms with van der Waals surface area (Å²) in [4.78, 5) is 0. The fourth-order valence-electron chi connectivity index (χ4n) is 2.42. The van der Waals surface area contributed by atoms with Crippen LogP contribution in [0.4, 0.5) is 0 Å². The normalized spacial score (nSPS) is 11.5. The van der Waals surface area contributed by atoms with E-state index in [-0.39, 0.29) is 5.60 Å². The molecule has 0 aliphatic rings. The molecular weight excluding hydrogens is 387 g/mol. The molecule has 0 N–H and O–H groups in total. The fourth-order valence-corrected chi connectivity index (χ4v) is 3.91. The highest BCUT2D eigenvalue weighted by molar-refractivity contribution is 14.1. The molecule has 109 valence electrons. The van der Waals surface area contributed by atoms with Gasteiger partial charge in [-0.1, -0.05) is 83.3 Å². The Bertz CT molecular complexity index is 466. The zero-order valence-corrected chi connectivity index (χ0v) is 15.3. The van der Waals surface area contributed by atoms with Crippen LogP contribution in [0.15, 0.2) is 60.7 Å². The van der Waals surface area contributed by atoms with Crippen LogP contribution in [-0.4, -0.2) is 20.5 Å². The number of aryl methyl sites for hydroxylation is 2. The Balaban J connectivity index is 1.95. The van der Waals surface area contributed by atoms with Crippen molar-refractivity contribution in [2.24, 2.45) is 0 Å². The molecule has 0 aliphatic carbocycles. The molecule has 0 fully saturated rings. The third kappa shape index (κ3) is 5.24. The highest BCUT2D eigenvalue weighted by Crippen LogP contribution is 2.27. The molecule has 3 heteroatoms. The van der Waals surface area contributed by atoms with Crippen molar-refractivity contribution in [3.05, 3.63) is 71.8 Å². The average Bonchev–Trinajstić information content (AvgIpc) is 2.58. The first kappa shape index (κ1) is 16.7. The van der Waals surface area contributed by atoms with Crippen LogP contribution in [0, 0.1) is 0 Å². The summed E-state index contributed by atoms with van der Waals surface area (Å²) in [5, 5.41) is 0. The standard InChI is InChI=1S/C18H20IOSi/c19-15-18(20-21,13-11-16-7-3-1-4-8-16)14-12-17-9-5-2-6-10-17/h1-10H,11-15H2. The SMILES string of the molecule is [Si]OC(CI)(CCc1ccccc1)CCc1ccccc1. The summed E-state index contributed by atoms with van der Waals surface area (Å²) in [7, 11) is 3.33. The molecule has 0 unspecified atom stereocenters. The van der Waals surface area contributed by atoms with Crippen molar-refractivity contribution in [3.8, 4) is 0 Å². The summed E-state index contributed by atoms with van der Waals surface area (Å²) < 4.78 is 6.71. The van der Waals surface area contributed by atoms with Gasteiger partial charge in [0.05, 0.1) is 5.60 Å². The van der Waals surface area contributed by atoms with Gasteiger partial charge < -0.3 is 4.43 Å².